The molecule has 0 spiro atoms. The molecule has 2 aromatic rings. The molecule has 0 aromatic heterocycles. The molecule has 3 rings (SSSR count). The van der Waals surface area contributed by atoms with Crippen LogP contribution in [0.4, 0.5) is 0 Å². The average Bonchev–Trinajstić information content (AvgIpc) is 3.32. The summed E-state index contributed by atoms with van der Waals surface area (Å²) in [5, 5.41) is 18.9. The zero-order valence-corrected chi connectivity index (χ0v) is 18.5. The van der Waals surface area contributed by atoms with Gasteiger partial charge in [0.15, 0.2) is 0 Å². The van der Waals surface area contributed by atoms with E-state index in [0.717, 1.165) is 30.5 Å². The van der Waals surface area contributed by atoms with E-state index in [-0.39, 0.29) is 43.2 Å². The second-order valence-corrected chi connectivity index (χ2v) is 8.43. The first kappa shape index (κ1) is 23.8. The number of carbonyl (C=O) groups excluding carboxylic acids is 2. The fraction of sp³-hybridized carbons (Fsp3) is 0.375. The Morgan fingerprint density at radius 2 is 1.81 bits per heavy atom. The van der Waals surface area contributed by atoms with Gasteiger partial charge in [-0.05, 0) is 42.6 Å². The average molecular weight is 458 g/mol. The second-order valence-electron chi connectivity index (χ2n) is 7.99. The van der Waals surface area contributed by atoms with Crippen LogP contribution in [0.5, 0.6) is 0 Å². The minimum atomic E-state index is -1.09. The van der Waals surface area contributed by atoms with Crippen molar-refractivity contribution in [2.75, 3.05) is 13.1 Å². The minimum Gasteiger partial charge on any atom is -0.480 e. The number of nitrogens with one attached hydrogen (secondary N) is 3. The Balaban J connectivity index is 1.65. The lowest BCUT2D eigenvalue weighted by Crippen LogP contribution is -2.44. The van der Waals surface area contributed by atoms with Crippen molar-refractivity contribution >= 4 is 29.4 Å². The van der Waals surface area contributed by atoms with E-state index in [4.69, 9.17) is 11.6 Å². The molecule has 3 unspecified atom stereocenters. The van der Waals surface area contributed by atoms with Gasteiger partial charge in [0.05, 0.1) is 6.04 Å². The lowest BCUT2D eigenvalue weighted by atomic mass is 9.94. The molecule has 0 bridgehead atoms. The first-order valence-corrected chi connectivity index (χ1v) is 11.1. The molecule has 32 heavy (non-hydrogen) atoms. The van der Waals surface area contributed by atoms with Gasteiger partial charge in [0, 0.05) is 30.3 Å². The van der Waals surface area contributed by atoms with E-state index in [1.54, 1.807) is 12.1 Å². The SMILES string of the molecule is O=C(CC(CNC(=O)C1CCCN1)c1ccc(Cl)cc1)NC(Cc1ccccc1)C(=O)O. The number of carbonyl (C=O) groups is 3. The highest BCUT2D eigenvalue weighted by molar-refractivity contribution is 6.30. The fourth-order valence-electron chi connectivity index (χ4n) is 3.83. The van der Waals surface area contributed by atoms with E-state index < -0.39 is 12.0 Å². The second kappa shape index (κ2) is 11.6. The highest BCUT2D eigenvalue weighted by Crippen LogP contribution is 2.22. The molecule has 0 aliphatic carbocycles. The largest absolute Gasteiger partial charge is 0.480 e. The molecule has 170 valence electrons. The molecular weight excluding hydrogens is 430 g/mol. The van der Waals surface area contributed by atoms with Crippen molar-refractivity contribution in [3.63, 3.8) is 0 Å². The van der Waals surface area contributed by atoms with E-state index in [0.29, 0.717) is 5.02 Å². The van der Waals surface area contributed by atoms with E-state index in [1.807, 2.05) is 42.5 Å². The summed E-state index contributed by atoms with van der Waals surface area (Å²) >= 11 is 5.99. The highest BCUT2D eigenvalue weighted by atomic mass is 35.5. The fourth-order valence-corrected chi connectivity index (χ4v) is 3.95. The first-order valence-electron chi connectivity index (χ1n) is 10.7. The number of benzene rings is 2. The molecule has 2 amide bonds. The number of hydrogen-bond acceptors (Lipinski definition) is 4. The van der Waals surface area contributed by atoms with Crippen LogP contribution in [-0.4, -0.2) is 48.1 Å². The molecule has 0 saturated carbocycles. The third-order valence-electron chi connectivity index (χ3n) is 5.59. The lowest BCUT2D eigenvalue weighted by molar-refractivity contribution is -0.141. The maximum absolute atomic E-state index is 12.8. The summed E-state index contributed by atoms with van der Waals surface area (Å²) in [7, 11) is 0. The zero-order valence-electron chi connectivity index (χ0n) is 17.7. The van der Waals surface area contributed by atoms with E-state index in [1.165, 1.54) is 0 Å². The molecule has 1 aliphatic heterocycles. The molecule has 1 heterocycles. The van der Waals surface area contributed by atoms with Crippen molar-refractivity contribution in [2.45, 2.75) is 43.7 Å². The van der Waals surface area contributed by atoms with Crippen LogP contribution < -0.4 is 16.0 Å². The Hall–Kier alpha value is -2.90. The number of rotatable bonds is 10. The standard InChI is InChI=1S/C24H28ClN3O4/c25-19-10-8-17(9-11-19)18(15-27-23(30)20-7-4-12-26-20)14-22(29)28-21(24(31)32)13-16-5-2-1-3-6-16/h1-3,5-6,8-11,18,20-21,26H,4,7,12-15H2,(H,27,30)(H,28,29)(H,31,32). The third kappa shape index (κ3) is 7.07. The van der Waals surface area contributed by atoms with E-state index in [9.17, 15) is 19.5 Å². The van der Waals surface area contributed by atoms with Gasteiger partial charge in [-0.15, -0.1) is 0 Å². The van der Waals surface area contributed by atoms with Gasteiger partial charge in [0.1, 0.15) is 6.04 Å². The van der Waals surface area contributed by atoms with Gasteiger partial charge in [-0.3, -0.25) is 9.59 Å². The summed E-state index contributed by atoms with van der Waals surface area (Å²) in [6.07, 6.45) is 1.98. The summed E-state index contributed by atoms with van der Waals surface area (Å²) in [5.74, 6) is -1.88. The topological polar surface area (TPSA) is 108 Å². The van der Waals surface area contributed by atoms with Crippen molar-refractivity contribution in [1.82, 2.24) is 16.0 Å². The Labute approximate surface area is 192 Å². The predicted octanol–water partition coefficient (Wildman–Crippen LogP) is 2.49. The van der Waals surface area contributed by atoms with Crippen molar-refractivity contribution < 1.29 is 19.5 Å². The van der Waals surface area contributed by atoms with Gasteiger partial charge in [-0.25, -0.2) is 4.79 Å². The minimum absolute atomic E-state index is 0.0403. The molecule has 1 aliphatic rings. The zero-order chi connectivity index (χ0) is 22.9. The third-order valence-corrected chi connectivity index (χ3v) is 5.84. The van der Waals surface area contributed by atoms with Gasteiger partial charge in [-0.1, -0.05) is 54.1 Å². The van der Waals surface area contributed by atoms with Crippen LogP contribution in [-0.2, 0) is 20.8 Å². The monoisotopic (exact) mass is 457 g/mol. The van der Waals surface area contributed by atoms with Crippen molar-refractivity contribution in [3.05, 3.63) is 70.7 Å². The normalized spacial score (nSPS) is 17.3. The molecule has 7 nitrogen and oxygen atoms in total. The molecule has 1 fully saturated rings. The first-order chi connectivity index (χ1) is 15.4. The molecule has 3 atom stereocenters. The maximum Gasteiger partial charge on any atom is 0.326 e. The molecule has 2 aromatic carbocycles. The predicted molar refractivity (Wildman–Crippen MR) is 123 cm³/mol. The maximum atomic E-state index is 12.8. The van der Waals surface area contributed by atoms with E-state index >= 15 is 0 Å². The summed E-state index contributed by atoms with van der Waals surface area (Å²) in [4.78, 5) is 36.9. The van der Waals surface area contributed by atoms with Crippen molar-refractivity contribution in [2.24, 2.45) is 0 Å². The number of carboxylic acid groups (broad SMARTS) is 1. The van der Waals surface area contributed by atoms with Gasteiger partial charge in [-0.2, -0.15) is 0 Å². The van der Waals surface area contributed by atoms with Gasteiger partial charge in [0.25, 0.3) is 0 Å². The van der Waals surface area contributed by atoms with Gasteiger partial charge in [0.2, 0.25) is 11.8 Å². The van der Waals surface area contributed by atoms with Crippen LogP contribution in [0.25, 0.3) is 0 Å². The number of aliphatic carboxylic acids is 1. The number of halogens is 1. The van der Waals surface area contributed by atoms with Gasteiger partial charge < -0.3 is 21.1 Å². The van der Waals surface area contributed by atoms with Crippen LogP contribution in [0, 0.1) is 0 Å². The summed E-state index contributed by atoms with van der Waals surface area (Å²) in [6.45, 7) is 1.08. The lowest BCUT2D eigenvalue weighted by Gasteiger charge is -2.21. The number of amides is 2. The number of hydrogen-bond donors (Lipinski definition) is 4. The molecule has 0 radical (unpaired) electrons. The Bertz CT molecular complexity index is 915. The Morgan fingerprint density at radius 1 is 1.09 bits per heavy atom. The molecule has 4 N–H and O–H groups in total. The molecule has 8 heteroatoms. The molecule has 1 saturated heterocycles. The summed E-state index contributed by atoms with van der Waals surface area (Å²) < 4.78 is 0. The van der Waals surface area contributed by atoms with E-state index in [2.05, 4.69) is 16.0 Å². The van der Waals surface area contributed by atoms with Crippen LogP contribution in [0.1, 0.15) is 36.3 Å². The Kier molecular flexibility index (Phi) is 8.64. The Morgan fingerprint density at radius 3 is 2.44 bits per heavy atom. The number of carboxylic acids is 1. The van der Waals surface area contributed by atoms with Crippen LogP contribution in [0.3, 0.4) is 0 Å². The molecular formula is C24H28ClN3O4. The van der Waals surface area contributed by atoms with Crippen molar-refractivity contribution in [1.29, 1.82) is 0 Å². The smallest absolute Gasteiger partial charge is 0.326 e. The van der Waals surface area contributed by atoms with Crippen LogP contribution in [0.15, 0.2) is 54.6 Å². The van der Waals surface area contributed by atoms with Crippen LogP contribution in [0.2, 0.25) is 5.02 Å². The van der Waals surface area contributed by atoms with Crippen molar-refractivity contribution in [3.8, 4) is 0 Å². The summed E-state index contributed by atoms with van der Waals surface area (Å²) in [6, 6.07) is 15.0. The van der Waals surface area contributed by atoms with Gasteiger partial charge >= 0.3 is 5.97 Å². The summed E-state index contributed by atoms with van der Waals surface area (Å²) in [5.41, 5.74) is 1.67. The quantitative estimate of drug-likeness (QED) is 0.438. The van der Waals surface area contributed by atoms with Crippen LogP contribution >= 0.6 is 11.6 Å². The highest BCUT2D eigenvalue weighted by Gasteiger charge is 2.26.